The zero-order chi connectivity index (χ0) is 22.8. The molecule has 0 saturated heterocycles. The SMILES string of the molecule is C=C1C=C2C[C@](O)(CC)CC[C@]2(C)[C@H]2CC[C@]3(C)[C@@H]([C@H](C)CCC(C)(C)O)CC[C@H]3[C@H]12. The molecule has 0 aromatic rings. The van der Waals surface area contributed by atoms with Crippen molar-refractivity contribution in [1.82, 2.24) is 0 Å². The molecule has 0 heterocycles. The fourth-order valence-electron chi connectivity index (χ4n) is 8.69. The van der Waals surface area contributed by atoms with E-state index in [-0.39, 0.29) is 5.41 Å². The second-order valence-electron chi connectivity index (χ2n) is 13.2. The van der Waals surface area contributed by atoms with E-state index in [2.05, 4.69) is 40.3 Å². The number of fused-ring (bicyclic) bond motifs is 5. The van der Waals surface area contributed by atoms with Crippen molar-refractivity contribution in [3.05, 3.63) is 23.8 Å². The predicted octanol–water partition coefficient (Wildman–Crippen LogP) is 7.06. The molecule has 2 heteroatoms. The molecule has 0 amide bonds. The summed E-state index contributed by atoms with van der Waals surface area (Å²) >= 11 is 0. The maximum absolute atomic E-state index is 11.0. The molecule has 0 radical (unpaired) electrons. The maximum atomic E-state index is 11.0. The van der Waals surface area contributed by atoms with Crippen molar-refractivity contribution in [3.63, 3.8) is 0 Å². The Morgan fingerprint density at radius 2 is 1.84 bits per heavy atom. The van der Waals surface area contributed by atoms with Crippen molar-refractivity contribution < 1.29 is 10.2 Å². The van der Waals surface area contributed by atoms with Crippen molar-refractivity contribution >= 4 is 0 Å². The lowest BCUT2D eigenvalue weighted by atomic mass is 9.45. The van der Waals surface area contributed by atoms with Gasteiger partial charge in [-0.1, -0.05) is 51.5 Å². The van der Waals surface area contributed by atoms with Crippen molar-refractivity contribution in [3.8, 4) is 0 Å². The highest BCUT2D eigenvalue weighted by Gasteiger charge is 2.60. The molecule has 0 aromatic carbocycles. The number of hydrogen-bond acceptors (Lipinski definition) is 2. The minimum atomic E-state index is -0.556. The van der Waals surface area contributed by atoms with Crippen LogP contribution in [0.3, 0.4) is 0 Å². The first-order valence-corrected chi connectivity index (χ1v) is 13.2. The second-order valence-corrected chi connectivity index (χ2v) is 13.2. The monoisotopic (exact) mass is 428 g/mol. The summed E-state index contributed by atoms with van der Waals surface area (Å²) in [6.07, 6.45) is 13.6. The van der Waals surface area contributed by atoms with E-state index < -0.39 is 11.2 Å². The lowest BCUT2D eigenvalue weighted by Gasteiger charge is -2.60. The van der Waals surface area contributed by atoms with E-state index in [1.807, 2.05) is 13.8 Å². The lowest BCUT2D eigenvalue weighted by molar-refractivity contribution is -0.0643. The average Bonchev–Trinajstić information content (AvgIpc) is 3.04. The molecule has 2 N–H and O–H groups in total. The maximum Gasteiger partial charge on any atom is 0.0682 e. The lowest BCUT2D eigenvalue weighted by Crippen LogP contribution is -2.53. The highest BCUT2D eigenvalue weighted by Crippen LogP contribution is 2.68. The summed E-state index contributed by atoms with van der Waals surface area (Å²) in [6.45, 7) is 18.2. The molecule has 8 atom stereocenters. The van der Waals surface area contributed by atoms with Crippen molar-refractivity contribution in [1.29, 1.82) is 0 Å². The largest absolute Gasteiger partial charge is 0.390 e. The topological polar surface area (TPSA) is 40.5 Å². The van der Waals surface area contributed by atoms with E-state index in [1.165, 1.54) is 36.8 Å². The van der Waals surface area contributed by atoms with Crippen LogP contribution in [0.1, 0.15) is 106 Å². The zero-order valence-electron chi connectivity index (χ0n) is 21.1. The molecule has 31 heavy (non-hydrogen) atoms. The number of aliphatic hydroxyl groups is 2. The van der Waals surface area contributed by atoms with E-state index in [0.717, 1.165) is 50.4 Å². The Kier molecular flexibility index (Phi) is 5.87. The van der Waals surface area contributed by atoms with Crippen LogP contribution in [0.15, 0.2) is 23.8 Å². The first kappa shape index (κ1) is 23.6. The van der Waals surface area contributed by atoms with Crippen LogP contribution >= 0.6 is 0 Å². The average molecular weight is 429 g/mol. The smallest absolute Gasteiger partial charge is 0.0682 e. The predicted molar refractivity (Wildman–Crippen MR) is 130 cm³/mol. The summed E-state index contributed by atoms with van der Waals surface area (Å²) in [5, 5.41) is 21.3. The molecule has 176 valence electrons. The van der Waals surface area contributed by atoms with Gasteiger partial charge >= 0.3 is 0 Å². The van der Waals surface area contributed by atoms with E-state index in [1.54, 1.807) is 0 Å². The highest BCUT2D eigenvalue weighted by molar-refractivity contribution is 5.38. The summed E-state index contributed by atoms with van der Waals surface area (Å²) in [5.41, 5.74) is 2.45. The molecule has 4 aliphatic carbocycles. The molecule has 0 bridgehead atoms. The zero-order valence-corrected chi connectivity index (χ0v) is 21.1. The van der Waals surface area contributed by atoms with Gasteiger partial charge in [0.15, 0.2) is 0 Å². The van der Waals surface area contributed by atoms with E-state index in [4.69, 9.17) is 0 Å². The minimum Gasteiger partial charge on any atom is -0.390 e. The van der Waals surface area contributed by atoms with Gasteiger partial charge in [0.1, 0.15) is 0 Å². The van der Waals surface area contributed by atoms with E-state index >= 15 is 0 Å². The standard InChI is InChI=1S/C29H48O2/c1-8-29(31)16-15-27(6)21(18-29)17-20(3)25-23-10-9-22(19(2)11-13-26(4,5)30)28(23,7)14-12-24(25)27/h17,19,22-25,30-31H,3,8-16,18H2,1-2,4-7H3/t19-,22-,23+,24+,25+,27+,28-,29+/m1/s1. The van der Waals surface area contributed by atoms with Crippen LogP contribution in [0.5, 0.6) is 0 Å². The molecule has 3 saturated carbocycles. The summed E-state index contributed by atoms with van der Waals surface area (Å²) in [5.74, 6) is 3.50. The molecule has 2 nitrogen and oxygen atoms in total. The molecule has 4 aliphatic rings. The van der Waals surface area contributed by atoms with Gasteiger partial charge in [0.2, 0.25) is 0 Å². The molecular formula is C29H48O2. The first-order chi connectivity index (χ1) is 14.3. The van der Waals surface area contributed by atoms with Gasteiger partial charge in [-0.3, -0.25) is 0 Å². The van der Waals surface area contributed by atoms with Crippen LogP contribution in [0.25, 0.3) is 0 Å². The van der Waals surface area contributed by atoms with Gasteiger partial charge in [0.25, 0.3) is 0 Å². The van der Waals surface area contributed by atoms with Crippen molar-refractivity contribution in [2.75, 3.05) is 0 Å². The normalized spacial score (nSPS) is 46.1. The third-order valence-corrected chi connectivity index (χ3v) is 10.9. The van der Waals surface area contributed by atoms with Crippen LogP contribution in [-0.4, -0.2) is 21.4 Å². The van der Waals surface area contributed by atoms with Gasteiger partial charge < -0.3 is 10.2 Å². The van der Waals surface area contributed by atoms with Gasteiger partial charge in [-0.2, -0.15) is 0 Å². The Morgan fingerprint density at radius 3 is 2.48 bits per heavy atom. The third-order valence-electron chi connectivity index (χ3n) is 10.9. The van der Waals surface area contributed by atoms with Crippen LogP contribution in [0.2, 0.25) is 0 Å². The Balaban J connectivity index is 1.58. The Bertz CT molecular complexity index is 744. The number of rotatable bonds is 5. The molecule has 0 aliphatic heterocycles. The summed E-state index contributed by atoms with van der Waals surface area (Å²) in [7, 11) is 0. The molecule has 0 unspecified atom stereocenters. The molecular weight excluding hydrogens is 380 g/mol. The third kappa shape index (κ3) is 3.88. The van der Waals surface area contributed by atoms with E-state index in [9.17, 15) is 10.2 Å². The Labute approximate surface area is 191 Å². The summed E-state index contributed by atoms with van der Waals surface area (Å²) < 4.78 is 0. The highest BCUT2D eigenvalue weighted by atomic mass is 16.3. The van der Waals surface area contributed by atoms with E-state index in [0.29, 0.717) is 23.2 Å². The first-order valence-electron chi connectivity index (χ1n) is 13.2. The molecule has 0 spiro atoms. The van der Waals surface area contributed by atoms with Gasteiger partial charge in [-0.05, 0) is 118 Å². The summed E-state index contributed by atoms with van der Waals surface area (Å²) in [6, 6.07) is 0. The summed E-state index contributed by atoms with van der Waals surface area (Å²) in [4.78, 5) is 0. The Morgan fingerprint density at radius 1 is 1.13 bits per heavy atom. The fraction of sp³-hybridized carbons (Fsp3) is 0.862. The number of allylic oxidation sites excluding steroid dienone is 2. The number of hydrogen-bond donors (Lipinski definition) is 2. The second kappa shape index (κ2) is 7.73. The molecule has 3 fully saturated rings. The van der Waals surface area contributed by atoms with Crippen LogP contribution in [0.4, 0.5) is 0 Å². The van der Waals surface area contributed by atoms with Crippen LogP contribution < -0.4 is 0 Å². The molecule has 0 aromatic heterocycles. The fourth-order valence-corrected chi connectivity index (χ4v) is 8.69. The quantitative estimate of drug-likeness (QED) is 0.492. The van der Waals surface area contributed by atoms with Gasteiger partial charge in [-0.25, -0.2) is 0 Å². The van der Waals surface area contributed by atoms with Crippen molar-refractivity contribution in [2.45, 2.75) is 117 Å². The van der Waals surface area contributed by atoms with Gasteiger partial charge in [-0.15, -0.1) is 0 Å². The minimum absolute atomic E-state index is 0.249. The van der Waals surface area contributed by atoms with Gasteiger partial charge in [0, 0.05) is 0 Å². The van der Waals surface area contributed by atoms with Gasteiger partial charge in [0.05, 0.1) is 11.2 Å². The molecule has 4 rings (SSSR count). The van der Waals surface area contributed by atoms with Crippen molar-refractivity contribution in [2.24, 2.45) is 40.4 Å². The Hall–Kier alpha value is -0.600. The van der Waals surface area contributed by atoms with Crippen LogP contribution in [0, 0.1) is 40.4 Å². The van der Waals surface area contributed by atoms with Crippen LogP contribution in [-0.2, 0) is 0 Å².